The van der Waals surface area contributed by atoms with Crippen molar-refractivity contribution in [2.45, 2.75) is 77.0 Å². The van der Waals surface area contributed by atoms with Crippen LogP contribution in [0.25, 0.3) is 0 Å². The zero-order chi connectivity index (χ0) is 16.7. The van der Waals surface area contributed by atoms with Crippen molar-refractivity contribution in [1.29, 1.82) is 0 Å². The molecule has 2 heterocycles. The van der Waals surface area contributed by atoms with Gasteiger partial charge in [-0.1, -0.05) is 36.6 Å². The van der Waals surface area contributed by atoms with Crippen LogP contribution in [0.5, 0.6) is 0 Å². The second kappa shape index (κ2) is 6.67. The van der Waals surface area contributed by atoms with Gasteiger partial charge in [-0.15, -0.1) is 0 Å². The summed E-state index contributed by atoms with van der Waals surface area (Å²) in [5, 5.41) is 3.71. The topological polar surface area (TPSA) is 38.3 Å². The van der Waals surface area contributed by atoms with E-state index in [9.17, 15) is 4.79 Å². The quantitative estimate of drug-likeness (QED) is 0.615. The lowest BCUT2D eigenvalue weighted by Crippen LogP contribution is -2.40. The predicted molar refractivity (Wildman–Crippen MR) is 95.4 cm³/mol. The Labute approximate surface area is 145 Å². The molecule has 0 spiro atoms. The molecule has 0 bridgehead atoms. The van der Waals surface area contributed by atoms with E-state index in [-0.39, 0.29) is 18.0 Å². The molecule has 24 heavy (non-hydrogen) atoms. The van der Waals surface area contributed by atoms with Crippen LogP contribution in [0.4, 0.5) is 0 Å². The highest BCUT2D eigenvalue weighted by Gasteiger charge is 2.50. The summed E-state index contributed by atoms with van der Waals surface area (Å²) in [6, 6.07) is 1.12. The van der Waals surface area contributed by atoms with Crippen LogP contribution in [-0.2, 0) is 9.53 Å². The van der Waals surface area contributed by atoms with Crippen LogP contribution >= 0.6 is 0 Å². The first kappa shape index (κ1) is 16.4. The second-order valence-electron chi connectivity index (χ2n) is 8.41. The first-order valence-electron chi connectivity index (χ1n) is 9.99. The second-order valence-corrected chi connectivity index (χ2v) is 8.41. The molecule has 0 aromatic carbocycles. The number of hydrogen-bond acceptors (Lipinski definition) is 3. The summed E-state index contributed by atoms with van der Waals surface area (Å²) in [4.78, 5) is 12.3. The molecule has 0 aromatic heterocycles. The van der Waals surface area contributed by atoms with Gasteiger partial charge in [0.15, 0.2) is 0 Å². The van der Waals surface area contributed by atoms with Gasteiger partial charge in [-0.2, -0.15) is 0 Å². The molecule has 0 radical (unpaired) electrons. The fraction of sp³-hybridized carbons (Fsp3) is 0.762. The minimum absolute atomic E-state index is 0.00256. The molecule has 3 heteroatoms. The molecule has 7 atom stereocenters. The summed E-state index contributed by atoms with van der Waals surface area (Å²) in [5.41, 5.74) is 1.54. The lowest BCUT2D eigenvalue weighted by molar-refractivity contribution is -0.142. The fourth-order valence-electron chi connectivity index (χ4n) is 5.58. The third-order valence-corrected chi connectivity index (χ3v) is 6.76. The van der Waals surface area contributed by atoms with Crippen molar-refractivity contribution < 1.29 is 9.53 Å². The number of fused-ring (bicyclic) bond motifs is 2. The van der Waals surface area contributed by atoms with Crippen LogP contribution < -0.4 is 5.32 Å². The maximum absolute atomic E-state index is 12.3. The summed E-state index contributed by atoms with van der Waals surface area (Å²) in [7, 11) is 0. The molecular formula is C21H31NO2. The normalized spacial score (nSPS) is 45.5. The third-order valence-electron chi connectivity index (χ3n) is 6.76. The van der Waals surface area contributed by atoms with Crippen LogP contribution in [0.15, 0.2) is 23.8 Å². The smallest absolute Gasteiger partial charge is 0.313 e. The molecule has 2 aliphatic heterocycles. The van der Waals surface area contributed by atoms with E-state index >= 15 is 0 Å². The van der Waals surface area contributed by atoms with Gasteiger partial charge in [-0.05, 0) is 57.8 Å². The number of carbonyl (C=O) groups excluding carboxylic acids is 1. The minimum Gasteiger partial charge on any atom is -0.462 e. The number of esters is 1. The average Bonchev–Trinajstić information content (AvgIpc) is 2.86. The van der Waals surface area contributed by atoms with Gasteiger partial charge < -0.3 is 10.1 Å². The van der Waals surface area contributed by atoms with Crippen molar-refractivity contribution in [3.63, 3.8) is 0 Å². The molecule has 0 unspecified atom stereocenters. The Balaban J connectivity index is 1.59. The molecule has 2 aliphatic carbocycles. The lowest BCUT2D eigenvalue weighted by atomic mass is 9.62. The van der Waals surface area contributed by atoms with E-state index in [0.717, 1.165) is 0 Å². The molecule has 0 aromatic rings. The Morgan fingerprint density at radius 3 is 2.83 bits per heavy atom. The number of ether oxygens (including phenoxy) is 1. The molecule has 1 N–H and O–H groups in total. The predicted octanol–water partition coefficient (Wildman–Crippen LogP) is 4.00. The number of carbonyl (C=O) groups is 1. The first-order valence-corrected chi connectivity index (χ1v) is 9.99. The number of allylic oxidation sites excluding steroid dienone is 2. The number of nitrogens with one attached hydrogen (secondary N) is 1. The maximum Gasteiger partial charge on any atom is 0.313 e. The van der Waals surface area contributed by atoms with E-state index < -0.39 is 0 Å². The Bertz CT molecular complexity index is 552. The van der Waals surface area contributed by atoms with Gasteiger partial charge >= 0.3 is 5.97 Å². The Hall–Kier alpha value is -1.09. The number of piperidine rings is 1. The van der Waals surface area contributed by atoms with Crippen LogP contribution in [0.2, 0.25) is 0 Å². The van der Waals surface area contributed by atoms with Crippen molar-refractivity contribution in [2.24, 2.45) is 23.7 Å². The first-order chi connectivity index (χ1) is 11.6. The Morgan fingerprint density at radius 2 is 2.00 bits per heavy atom. The van der Waals surface area contributed by atoms with Gasteiger partial charge in [-0.25, -0.2) is 0 Å². The van der Waals surface area contributed by atoms with Gasteiger partial charge in [0, 0.05) is 18.0 Å². The number of rotatable bonds is 2. The molecule has 4 rings (SSSR count). The lowest BCUT2D eigenvalue weighted by Gasteiger charge is -2.40. The third kappa shape index (κ3) is 2.96. The SMILES string of the molecule is C[C@@H]1OC(=O)[C@H]2C=C3CCCC[C@@H]3[C@@H](/C=C/[C@@H]3CCC[C@H](C)N3)[C@@H]12. The van der Waals surface area contributed by atoms with Crippen molar-refractivity contribution in [3.8, 4) is 0 Å². The largest absolute Gasteiger partial charge is 0.462 e. The van der Waals surface area contributed by atoms with Gasteiger partial charge in [0.05, 0.1) is 5.92 Å². The van der Waals surface area contributed by atoms with E-state index in [2.05, 4.69) is 37.4 Å². The van der Waals surface area contributed by atoms with E-state index in [0.29, 0.717) is 29.8 Å². The number of cyclic esters (lactones) is 1. The highest BCUT2D eigenvalue weighted by atomic mass is 16.6. The molecule has 0 amide bonds. The molecule has 4 aliphatic rings. The Kier molecular flexibility index (Phi) is 4.55. The van der Waals surface area contributed by atoms with Crippen LogP contribution in [-0.4, -0.2) is 24.2 Å². The summed E-state index contributed by atoms with van der Waals surface area (Å²) in [6.45, 7) is 4.37. The van der Waals surface area contributed by atoms with Gasteiger partial charge in [0.25, 0.3) is 0 Å². The average molecular weight is 329 g/mol. The van der Waals surface area contributed by atoms with Gasteiger partial charge in [-0.3, -0.25) is 4.79 Å². The maximum atomic E-state index is 12.3. The van der Waals surface area contributed by atoms with Gasteiger partial charge in [0.2, 0.25) is 0 Å². The van der Waals surface area contributed by atoms with Crippen LogP contribution in [0.3, 0.4) is 0 Å². The summed E-state index contributed by atoms with van der Waals surface area (Å²) in [5.74, 6) is 1.44. The monoisotopic (exact) mass is 329 g/mol. The van der Waals surface area contributed by atoms with E-state index in [1.54, 1.807) is 0 Å². The Morgan fingerprint density at radius 1 is 1.12 bits per heavy atom. The minimum atomic E-state index is -0.00256. The van der Waals surface area contributed by atoms with E-state index in [4.69, 9.17) is 4.74 Å². The summed E-state index contributed by atoms with van der Waals surface area (Å²) < 4.78 is 5.62. The fourth-order valence-corrected chi connectivity index (χ4v) is 5.58. The summed E-state index contributed by atoms with van der Waals surface area (Å²) in [6.07, 6.45) is 16.1. The zero-order valence-corrected chi connectivity index (χ0v) is 15.0. The van der Waals surface area contributed by atoms with Crippen LogP contribution in [0, 0.1) is 23.7 Å². The molecule has 132 valence electrons. The van der Waals surface area contributed by atoms with Crippen molar-refractivity contribution >= 4 is 5.97 Å². The molecule has 1 saturated carbocycles. The summed E-state index contributed by atoms with van der Waals surface area (Å²) >= 11 is 0. The van der Waals surface area contributed by atoms with E-state index in [1.807, 2.05) is 0 Å². The molecular weight excluding hydrogens is 298 g/mol. The van der Waals surface area contributed by atoms with E-state index in [1.165, 1.54) is 50.5 Å². The standard InChI is InChI=1S/C21H31NO2/c1-13-6-5-8-16(22-13)10-11-18-17-9-4-3-7-15(17)12-19-20(18)14(2)24-21(19)23/h10-14,16-20,22H,3-9H2,1-2H3/b11-10+/t13-,14-,16-,17-,18+,19-,20+/m0/s1. The molecule has 3 fully saturated rings. The van der Waals surface area contributed by atoms with Crippen molar-refractivity contribution in [3.05, 3.63) is 23.8 Å². The van der Waals surface area contributed by atoms with Crippen LogP contribution in [0.1, 0.15) is 58.8 Å². The highest BCUT2D eigenvalue weighted by Crippen LogP contribution is 2.50. The van der Waals surface area contributed by atoms with Crippen molar-refractivity contribution in [1.82, 2.24) is 5.32 Å². The van der Waals surface area contributed by atoms with Gasteiger partial charge in [0.1, 0.15) is 6.10 Å². The highest BCUT2D eigenvalue weighted by molar-refractivity contribution is 5.78. The number of hydrogen-bond donors (Lipinski definition) is 1. The molecule has 2 saturated heterocycles. The molecule has 3 nitrogen and oxygen atoms in total. The van der Waals surface area contributed by atoms with Crippen molar-refractivity contribution in [2.75, 3.05) is 0 Å². The zero-order valence-electron chi connectivity index (χ0n) is 15.0.